The summed E-state index contributed by atoms with van der Waals surface area (Å²) in [5.41, 5.74) is -4.21. The highest BCUT2D eigenvalue weighted by Gasteiger charge is 2.64. The highest BCUT2D eigenvalue weighted by atomic mass is 31.2. The Bertz CT molecular complexity index is 1760. The van der Waals surface area contributed by atoms with E-state index in [0.29, 0.717) is 6.08 Å². The molecule has 0 radical (unpaired) electrons. The van der Waals surface area contributed by atoms with Crippen molar-refractivity contribution in [2.45, 2.75) is 76.3 Å². The van der Waals surface area contributed by atoms with Crippen molar-refractivity contribution >= 4 is 58.7 Å². The van der Waals surface area contributed by atoms with Gasteiger partial charge in [0.15, 0.2) is 5.78 Å². The molecule has 0 aliphatic heterocycles. The molecule has 8 atom stereocenters. The second-order valence-electron chi connectivity index (χ2n) is 12.1. The minimum Gasteiger partial charge on any atom is -0.478 e. The Kier molecular flexibility index (Phi) is 15.6. The van der Waals surface area contributed by atoms with Crippen molar-refractivity contribution in [3.8, 4) is 0 Å². The van der Waals surface area contributed by atoms with Gasteiger partial charge in [0.1, 0.15) is 42.2 Å². The topological polar surface area (TPSA) is 444 Å². The fraction of sp³-hybridized carbons (Fsp3) is 0.619. The Morgan fingerprint density at radius 1 is 0.667 bits per heavy atom. The summed E-state index contributed by atoms with van der Waals surface area (Å²) in [6.07, 6.45) is -16.4. The van der Waals surface area contributed by atoms with Crippen LogP contribution in [0.2, 0.25) is 0 Å². The summed E-state index contributed by atoms with van der Waals surface area (Å²) < 4.78 is 107. The first-order valence-electron chi connectivity index (χ1n) is 14.1. The number of phosphoric ester groups is 6. The molecule has 0 amide bonds. The summed E-state index contributed by atoms with van der Waals surface area (Å²) in [6, 6.07) is 0. The molecule has 27 nitrogen and oxygen atoms in total. The van der Waals surface area contributed by atoms with Crippen LogP contribution in [0.4, 0.5) is 0 Å². The number of carbonyl (C=O) groups excluding carboxylic acids is 1. The zero-order valence-electron chi connectivity index (χ0n) is 27.7. The average molecular weight is 906 g/mol. The van der Waals surface area contributed by atoms with Gasteiger partial charge in [0, 0.05) is 17.9 Å². The Balaban J connectivity index is 3.04. The third kappa shape index (κ3) is 14.8. The molecule has 33 heteroatoms. The molecule has 4 unspecified atom stereocenters. The Morgan fingerprint density at radius 2 is 0.981 bits per heavy atom. The van der Waals surface area contributed by atoms with Crippen molar-refractivity contribution in [1.82, 2.24) is 0 Å². The molecule has 0 aromatic rings. The average Bonchev–Trinajstić information content (AvgIpc) is 2.87. The normalized spacial score (nSPS) is 30.2. The van der Waals surface area contributed by atoms with Gasteiger partial charge in [-0.15, -0.1) is 0 Å². The lowest BCUT2D eigenvalue weighted by molar-refractivity contribution is -0.203. The molecule has 0 aromatic carbocycles. The van der Waals surface area contributed by atoms with Gasteiger partial charge in [0.25, 0.3) is 0 Å². The molecule has 2 aliphatic carbocycles. The van der Waals surface area contributed by atoms with Gasteiger partial charge in [-0.25, -0.2) is 32.2 Å². The molecule has 0 aromatic heterocycles. The van der Waals surface area contributed by atoms with Crippen LogP contribution in [0, 0.1) is 5.41 Å². The summed E-state index contributed by atoms with van der Waals surface area (Å²) in [5, 5.41) is 9.11. The number of carboxylic acid groups (broad SMARTS) is 1. The number of rotatable bonds is 17. The van der Waals surface area contributed by atoms with Crippen LogP contribution < -0.4 is 0 Å². The quantitative estimate of drug-likeness (QED) is 0.0525. The summed E-state index contributed by atoms with van der Waals surface area (Å²) in [6.45, 7) is 5.01. The molecule has 1 saturated carbocycles. The van der Waals surface area contributed by atoms with Crippen molar-refractivity contribution < 1.29 is 128 Å². The zero-order valence-corrected chi connectivity index (χ0v) is 33.0. The van der Waals surface area contributed by atoms with E-state index in [1.165, 1.54) is 27.7 Å². The standard InChI is InChI=1S/C21H36O27P6/c1-10(7-13(23)24)5-6-21(11(2)8-12(22)9-20(21,3)4)48-54(40,41)47-19-17(45-52(34,35)36)15(43-50(28,29)30)14(42-49(25,26)27)16(44-51(31,32)33)18(19)46-53(37,38)39/h5-8,14-19H,9H2,1-4H3,(H,23,24)(H,40,41)(H2,25,26,27)(H2,28,29,30)(H2,31,32,33)(H2,34,35,36)(H2,37,38,39)/b6-5?,10-7-/t14?,15-,16+,17-,18-,19?,21?/m0/s1. The van der Waals surface area contributed by atoms with Crippen molar-refractivity contribution in [2.75, 3.05) is 0 Å². The maximum Gasteiger partial charge on any atom is 0.473 e. The van der Waals surface area contributed by atoms with Gasteiger partial charge in [-0.05, 0) is 37.1 Å². The van der Waals surface area contributed by atoms with Crippen LogP contribution in [-0.4, -0.2) is 113 Å². The monoisotopic (exact) mass is 906 g/mol. The van der Waals surface area contributed by atoms with Gasteiger partial charge in [-0.1, -0.05) is 19.9 Å². The largest absolute Gasteiger partial charge is 0.478 e. The van der Waals surface area contributed by atoms with Gasteiger partial charge in [0.05, 0.1) is 0 Å². The van der Waals surface area contributed by atoms with Crippen LogP contribution in [0.25, 0.3) is 0 Å². The molecular formula is C21H36O27P6. The molecule has 2 rings (SSSR count). The van der Waals surface area contributed by atoms with Crippen LogP contribution in [0.15, 0.2) is 35.5 Å². The predicted octanol–water partition coefficient (Wildman–Crippen LogP) is 0.163. The molecule has 0 spiro atoms. The Labute approximate surface area is 303 Å². The number of carbonyl (C=O) groups is 2. The second kappa shape index (κ2) is 17.1. The third-order valence-electron chi connectivity index (χ3n) is 7.27. The van der Waals surface area contributed by atoms with E-state index in [1.807, 2.05) is 0 Å². The summed E-state index contributed by atoms with van der Waals surface area (Å²) in [4.78, 5) is 131. The van der Waals surface area contributed by atoms with Crippen molar-refractivity contribution in [3.05, 3.63) is 35.5 Å². The SMILES string of the molecule is CC1=CC(=O)CC(C)(C)C1(C=C/C(C)=C\C(=O)O)OP(=O)(O)OC1[C@@H](OP(=O)(O)O)[C@H](OP(=O)(O)O)C(OP(=O)(O)O)[C@H](OP(=O)(O)O)[C@@H]1OP(=O)(O)O. The molecule has 312 valence electrons. The van der Waals surface area contributed by atoms with Crippen LogP contribution in [-0.2, 0) is 68.6 Å². The van der Waals surface area contributed by atoms with Gasteiger partial charge in [-0.3, -0.25) is 36.5 Å². The molecular weight excluding hydrogens is 870 g/mol. The van der Waals surface area contributed by atoms with E-state index in [-0.39, 0.29) is 11.1 Å². The lowest BCUT2D eigenvalue weighted by Crippen LogP contribution is -2.66. The van der Waals surface area contributed by atoms with Crippen LogP contribution >= 0.6 is 46.9 Å². The highest BCUT2D eigenvalue weighted by molar-refractivity contribution is 7.48. The van der Waals surface area contributed by atoms with E-state index in [2.05, 4.69) is 22.6 Å². The number of hydrogen-bond acceptors (Lipinski definition) is 15. The number of phosphoric acid groups is 6. The summed E-state index contributed by atoms with van der Waals surface area (Å²) in [5.74, 6) is -2.02. The number of hydrogen-bond donors (Lipinski definition) is 12. The van der Waals surface area contributed by atoms with E-state index in [1.54, 1.807) is 0 Å². The minimum atomic E-state index is -6.24. The number of ketones is 1. The molecule has 0 bridgehead atoms. The molecule has 0 saturated heterocycles. The number of allylic oxidation sites excluding steroid dienone is 3. The lowest BCUT2D eigenvalue weighted by Gasteiger charge is -2.50. The molecule has 54 heavy (non-hydrogen) atoms. The first-order chi connectivity index (χ1) is 23.9. The first kappa shape index (κ1) is 49.2. The summed E-state index contributed by atoms with van der Waals surface area (Å²) >= 11 is 0. The van der Waals surface area contributed by atoms with Crippen molar-refractivity contribution in [2.24, 2.45) is 5.41 Å². The minimum absolute atomic E-state index is 0.0388. The highest BCUT2D eigenvalue weighted by Crippen LogP contribution is 2.62. The number of carboxylic acids is 1. The van der Waals surface area contributed by atoms with Crippen LogP contribution in [0.3, 0.4) is 0 Å². The maximum atomic E-state index is 14.0. The smallest absolute Gasteiger partial charge is 0.473 e. The summed E-state index contributed by atoms with van der Waals surface area (Å²) in [7, 11) is -37.2. The fourth-order valence-electron chi connectivity index (χ4n) is 5.57. The molecule has 0 heterocycles. The first-order valence-corrected chi connectivity index (χ1v) is 23.2. The van der Waals surface area contributed by atoms with E-state index in [9.17, 15) is 90.8 Å². The third-order valence-corrected chi connectivity index (χ3v) is 10.9. The molecule has 2 aliphatic rings. The zero-order chi connectivity index (χ0) is 42.3. The predicted molar refractivity (Wildman–Crippen MR) is 171 cm³/mol. The fourth-order valence-corrected chi connectivity index (χ4v) is 9.76. The molecule has 12 N–H and O–H groups in total. The van der Waals surface area contributed by atoms with E-state index >= 15 is 0 Å². The van der Waals surface area contributed by atoms with E-state index in [4.69, 9.17) is 14.2 Å². The second-order valence-corrected chi connectivity index (χ2v) is 19.4. The van der Waals surface area contributed by atoms with Crippen LogP contribution in [0.5, 0.6) is 0 Å². The van der Waals surface area contributed by atoms with Gasteiger partial charge < -0.3 is 58.9 Å². The number of aliphatic carboxylic acids is 1. The van der Waals surface area contributed by atoms with Gasteiger partial charge >= 0.3 is 52.9 Å². The maximum absolute atomic E-state index is 14.0. The molecule has 1 fully saturated rings. The van der Waals surface area contributed by atoms with Gasteiger partial charge in [0.2, 0.25) is 0 Å². The van der Waals surface area contributed by atoms with Crippen molar-refractivity contribution in [3.63, 3.8) is 0 Å². The Hall–Kier alpha value is -0.980. The van der Waals surface area contributed by atoms with E-state index < -0.39 is 113 Å². The van der Waals surface area contributed by atoms with Gasteiger partial charge in [-0.2, -0.15) is 0 Å². The lowest BCUT2D eigenvalue weighted by atomic mass is 9.64. The van der Waals surface area contributed by atoms with Crippen molar-refractivity contribution in [1.29, 1.82) is 0 Å². The van der Waals surface area contributed by atoms with E-state index in [0.717, 1.165) is 18.2 Å². The Morgan fingerprint density at radius 3 is 1.26 bits per heavy atom. The van der Waals surface area contributed by atoms with Crippen LogP contribution in [0.1, 0.15) is 34.1 Å².